The number of hydrogen-bond donors (Lipinski definition) is 2. The third kappa shape index (κ3) is 3.72. The number of sulfonamides is 1. The molecule has 0 saturated heterocycles. The highest BCUT2D eigenvalue weighted by Gasteiger charge is 2.19. The summed E-state index contributed by atoms with van der Waals surface area (Å²) in [6, 6.07) is 7.04. The minimum Gasteiger partial charge on any atom is -0.497 e. The number of methoxy groups -OCH3 is 1. The van der Waals surface area contributed by atoms with E-state index in [1.54, 1.807) is 6.07 Å². The molecule has 0 fully saturated rings. The van der Waals surface area contributed by atoms with Crippen LogP contribution in [0, 0.1) is 5.82 Å². The second-order valence-electron chi connectivity index (χ2n) is 4.21. The average Bonchev–Trinajstić information content (AvgIpc) is 2.91. The summed E-state index contributed by atoms with van der Waals surface area (Å²) in [5.41, 5.74) is 5.28. The Balaban J connectivity index is 2.28. The molecule has 0 atom stereocenters. The van der Waals surface area contributed by atoms with Gasteiger partial charge < -0.3 is 10.5 Å². The Morgan fingerprint density at radius 2 is 2.10 bits per heavy atom. The summed E-state index contributed by atoms with van der Waals surface area (Å²) in [7, 11) is -2.41. The topological polar surface area (TPSA) is 81.4 Å². The van der Waals surface area contributed by atoms with E-state index in [1.165, 1.54) is 25.3 Å². The van der Waals surface area contributed by atoms with Gasteiger partial charge in [0.1, 0.15) is 15.8 Å². The zero-order chi connectivity index (χ0) is 15.5. The fourth-order valence-electron chi connectivity index (χ4n) is 1.68. The van der Waals surface area contributed by atoms with Gasteiger partial charge >= 0.3 is 0 Å². The van der Waals surface area contributed by atoms with Crippen LogP contribution in [-0.2, 0) is 16.4 Å². The molecule has 0 bridgehead atoms. The van der Waals surface area contributed by atoms with Gasteiger partial charge in [-0.25, -0.2) is 12.8 Å². The molecule has 1 aromatic carbocycles. The van der Waals surface area contributed by atoms with Crippen molar-refractivity contribution < 1.29 is 17.5 Å². The van der Waals surface area contributed by atoms with Gasteiger partial charge in [-0.1, -0.05) is 0 Å². The van der Waals surface area contributed by atoms with E-state index in [4.69, 9.17) is 10.5 Å². The van der Waals surface area contributed by atoms with Crippen molar-refractivity contribution in [2.24, 2.45) is 5.73 Å². The van der Waals surface area contributed by atoms with E-state index in [9.17, 15) is 12.8 Å². The summed E-state index contributed by atoms with van der Waals surface area (Å²) in [5, 5.41) is 0. The van der Waals surface area contributed by atoms with Crippen LogP contribution in [0.15, 0.2) is 34.5 Å². The van der Waals surface area contributed by atoms with E-state index < -0.39 is 15.8 Å². The monoisotopic (exact) mass is 330 g/mol. The lowest BCUT2D eigenvalue weighted by atomic mass is 10.3. The molecule has 0 aliphatic heterocycles. The molecule has 3 N–H and O–H groups in total. The van der Waals surface area contributed by atoms with E-state index in [0.717, 1.165) is 22.3 Å². The number of ether oxygens (including phenoxy) is 1. The first-order valence-electron chi connectivity index (χ1n) is 6.11. The Morgan fingerprint density at radius 3 is 2.76 bits per heavy atom. The van der Waals surface area contributed by atoms with Gasteiger partial charge in [0.05, 0.1) is 12.8 Å². The minimum atomic E-state index is -3.83. The lowest BCUT2D eigenvalue weighted by Gasteiger charge is -2.09. The molecule has 1 aromatic heterocycles. The number of halogens is 1. The van der Waals surface area contributed by atoms with E-state index in [2.05, 4.69) is 4.72 Å². The molecule has 0 aliphatic rings. The second kappa shape index (κ2) is 6.42. The molecule has 2 rings (SSSR count). The summed E-state index contributed by atoms with van der Waals surface area (Å²) in [4.78, 5) is 0.865. The Labute approximate surface area is 126 Å². The number of anilines is 1. The fraction of sp³-hybridized carbons (Fsp3) is 0.231. The van der Waals surface area contributed by atoms with Crippen LogP contribution in [0.3, 0.4) is 0 Å². The number of hydrogen-bond acceptors (Lipinski definition) is 5. The van der Waals surface area contributed by atoms with Crippen molar-refractivity contribution in [2.75, 3.05) is 18.4 Å². The molecule has 8 heteroatoms. The summed E-state index contributed by atoms with van der Waals surface area (Å²) >= 11 is 1.12. The summed E-state index contributed by atoms with van der Waals surface area (Å²) < 4.78 is 45.4. The largest absolute Gasteiger partial charge is 0.497 e. The highest BCUT2D eigenvalue weighted by Crippen LogP contribution is 2.27. The van der Waals surface area contributed by atoms with Crippen LogP contribution >= 0.6 is 11.3 Å². The van der Waals surface area contributed by atoms with Crippen LogP contribution in [0.1, 0.15) is 4.88 Å². The summed E-state index contributed by atoms with van der Waals surface area (Å²) in [5.74, 6) is -0.304. The molecule has 1 heterocycles. The Kier molecular flexibility index (Phi) is 4.81. The van der Waals surface area contributed by atoms with Crippen LogP contribution in [-0.4, -0.2) is 22.1 Å². The maximum atomic E-state index is 13.7. The van der Waals surface area contributed by atoms with Crippen LogP contribution < -0.4 is 15.2 Å². The van der Waals surface area contributed by atoms with Gasteiger partial charge in [-0.15, -0.1) is 11.3 Å². The van der Waals surface area contributed by atoms with Gasteiger partial charge in [-0.2, -0.15) is 0 Å². The van der Waals surface area contributed by atoms with E-state index in [0.29, 0.717) is 18.7 Å². The standard InChI is InChI=1S/C13H15FN2O3S2/c1-19-9-2-4-11(14)12(8-9)16-21(17,18)13-5-3-10(20-13)6-7-15/h2-5,8,16H,6-7,15H2,1H3. The molecule has 0 aliphatic carbocycles. The van der Waals surface area contributed by atoms with E-state index in [-0.39, 0.29) is 9.90 Å². The van der Waals surface area contributed by atoms with E-state index >= 15 is 0 Å². The molecule has 0 spiro atoms. The smallest absolute Gasteiger partial charge is 0.271 e. The van der Waals surface area contributed by atoms with Crippen molar-refractivity contribution in [3.8, 4) is 5.75 Å². The first-order chi connectivity index (χ1) is 9.96. The van der Waals surface area contributed by atoms with Gasteiger partial charge in [0.2, 0.25) is 0 Å². The lowest BCUT2D eigenvalue weighted by molar-refractivity contribution is 0.414. The van der Waals surface area contributed by atoms with Crippen molar-refractivity contribution in [3.05, 3.63) is 41.0 Å². The van der Waals surface area contributed by atoms with Crippen LogP contribution in [0.25, 0.3) is 0 Å². The predicted molar refractivity (Wildman–Crippen MR) is 80.8 cm³/mol. The molecular weight excluding hydrogens is 315 g/mol. The van der Waals surface area contributed by atoms with Crippen molar-refractivity contribution >= 4 is 27.0 Å². The first-order valence-corrected chi connectivity index (χ1v) is 8.41. The lowest BCUT2D eigenvalue weighted by Crippen LogP contribution is -2.12. The molecule has 5 nitrogen and oxygen atoms in total. The maximum Gasteiger partial charge on any atom is 0.271 e. The molecular formula is C13H15FN2O3S2. The zero-order valence-corrected chi connectivity index (χ0v) is 12.9. The van der Waals surface area contributed by atoms with Gasteiger partial charge in [-0.05, 0) is 37.2 Å². The zero-order valence-electron chi connectivity index (χ0n) is 11.3. The molecule has 114 valence electrons. The second-order valence-corrected chi connectivity index (χ2v) is 7.29. The van der Waals surface area contributed by atoms with Crippen LogP contribution in [0.5, 0.6) is 5.75 Å². The van der Waals surface area contributed by atoms with E-state index in [1.807, 2.05) is 0 Å². The third-order valence-corrected chi connectivity index (χ3v) is 5.71. The summed E-state index contributed by atoms with van der Waals surface area (Å²) in [6.45, 7) is 0.442. The third-order valence-electron chi connectivity index (χ3n) is 2.71. The molecule has 0 radical (unpaired) electrons. The number of thiophene rings is 1. The SMILES string of the molecule is COc1ccc(F)c(NS(=O)(=O)c2ccc(CCN)s2)c1. The normalized spacial score (nSPS) is 11.4. The van der Waals surface area contributed by atoms with Crippen molar-refractivity contribution in [1.29, 1.82) is 0 Å². The van der Waals surface area contributed by atoms with Gasteiger partial charge in [0.25, 0.3) is 10.0 Å². The first kappa shape index (κ1) is 15.7. The van der Waals surface area contributed by atoms with Crippen LogP contribution in [0.2, 0.25) is 0 Å². The number of rotatable bonds is 6. The molecule has 2 aromatic rings. The fourth-order valence-corrected chi connectivity index (χ4v) is 4.11. The number of nitrogens with two attached hydrogens (primary N) is 1. The molecule has 0 saturated carbocycles. The van der Waals surface area contributed by atoms with Crippen molar-refractivity contribution in [2.45, 2.75) is 10.6 Å². The summed E-state index contributed by atoms with van der Waals surface area (Å²) in [6.07, 6.45) is 0.605. The minimum absolute atomic E-state index is 0.119. The van der Waals surface area contributed by atoms with Crippen molar-refractivity contribution in [3.63, 3.8) is 0 Å². The number of nitrogens with one attached hydrogen (secondary N) is 1. The molecule has 21 heavy (non-hydrogen) atoms. The highest BCUT2D eigenvalue weighted by molar-refractivity contribution is 7.94. The quantitative estimate of drug-likeness (QED) is 0.851. The molecule has 0 amide bonds. The van der Waals surface area contributed by atoms with Crippen molar-refractivity contribution in [1.82, 2.24) is 0 Å². The molecule has 0 unspecified atom stereocenters. The average molecular weight is 330 g/mol. The van der Waals surface area contributed by atoms with Gasteiger partial charge in [-0.3, -0.25) is 4.72 Å². The Morgan fingerprint density at radius 1 is 1.33 bits per heavy atom. The highest BCUT2D eigenvalue weighted by atomic mass is 32.2. The number of benzene rings is 1. The Hall–Kier alpha value is -1.64. The Bertz CT molecular complexity index is 729. The maximum absolute atomic E-state index is 13.7. The van der Waals surface area contributed by atoms with Gasteiger partial charge in [0.15, 0.2) is 0 Å². The van der Waals surface area contributed by atoms with Gasteiger partial charge in [0, 0.05) is 10.9 Å². The predicted octanol–water partition coefficient (Wildman–Crippen LogP) is 2.20. The van der Waals surface area contributed by atoms with Crippen LogP contribution in [0.4, 0.5) is 10.1 Å².